The first-order valence-corrected chi connectivity index (χ1v) is 10.6. The molecule has 1 aliphatic heterocycles. The Morgan fingerprint density at radius 3 is 2.34 bits per heavy atom. The number of hydrogen-bond donors (Lipinski definition) is 1. The van der Waals surface area contributed by atoms with Crippen molar-refractivity contribution in [2.24, 2.45) is 0 Å². The number of rotatable bonds is 6. The molecular formula is C26H20ClN3O2. The number of para-hydroxylation sites is 1. The van der Waals surface area contributed by atoms with Crippen LogP contribution in [0.15, 0.2) is 84.4 Å². The molecule has 2 amide bonds. The van der Waals surface area contributed by atoms with Gasteiger partial charge in [0.1, 0.15) is 11.6 Å². The van der Waals surface area contributed by atoms with Crippen molar-refractivity contribution in [1.29, 1.82) is 5.26 Å². The van der Waals surface area contributed by atoms with Crippen molar-refractivity contribution < 1.29 is 9.59 Å². The van der Waals surface area contributed by atoms with Gasteiger partial charge in [0.05, 0.1) is 17.8 Å². The predicted octanol–water partition coefficient (Wildman–Crippen LogP) is 4.52. The van der Waals surface area contributed by atoms with Crippen molar-refractivity contribution in [2.75, 3.05) is 11.4 Å². The summed E-state index contributed by atoms with van der Waals surface area (Å²) in [6, 6.07) is 26.1. The third-order valence-electron chi connectivity index (χ3n) is 5.31. The van der Waals surface area contributed by atoms with Gasteiger partial charge in [0.15, 0.2) is 0 Å². The maximum atomic E-state index is 13.3. The van der Waals surface area contributed by atoms with Gasteiger partial charge in [-0.15, -0.1) is 0 Å². The Labute approximate surface area is 191 Å². The maximum Gasteiger partial charge on any atom is 0.262 e. The topological polar surface area (TPSA) is 73.2 Å². The van der Waals surface area contributed by atoms with Crippen LogP contribution in [0.1, 0.15) is 16.7 Å². The molecule has 3 aromatic rings. The van der Waals surface area contributed by atoms with E-state index in [1.54, 1.807) is 29.2 Å². The average molecular weight is 442 g/mol. The van der Waals surface area contributed by atoms with E-state index < -0.39 is 5.91 Å². The summed E-state index contributed by atoms with van der Waals surface area (Å²) in [4.78, 5) is 27.8. The van der Waals surface area contributed by atoms with E-state index in [1.165, 1.54) is 0 Å². The molecule has 1 heterocycles. The Kier molecular flexibility index (Phi) is 6.34. The van der Waals surface area contributed by atoms with Crippen molar-refractivity contribution in [1.82, 2.24) is 5.32 Å². The molecule has 0 aliphatic carbocycles. The largest absolute Gasteiger partial charge is 0.351 e. The van der Waals surface area contributed by atoms with E-state index in [4.69, 9.17) is 11.6 Å². The van der Waals surface area contributed by atoms with Crippen LogP contribution in [0.3, 0.4) is 0 Å². The smallest absolute Gasteiger partial charge is 0.262 e. The molecule has 4 rings (SSSR count). The molecule has 158 valence electrons. The molecule has 0 bridgehead atoms. The molecule has 0 spiro atoms. The van der Waals surface area contributed by atoms with Crippen molar-refractivity contribution >= 4 is 34.7 Å². The van der Waals surface area contributed by atoms with E-state index in [9.17, 15) is 14.9 Å². The van der Waals surface area contributed by atoms with Crippen LogP contribution in [0, 0.1) is 11.3 Å². The van der Waals surface area contributed by atoms with Gasteiger partial charge in [0.2, 0.25) is 0 Å². The average Bonchev–Trinajstić information content (AvgIpc) is 3.08. The highest BCUT2D eigenvalue weighted by molar-refractivity contribution is 6.37. The lowest BCUT2D eigenvalue weighted by atomic mass is 10.0. The van der Waals surface area contributed by atoms with Gasteiger partial charge in [-0.1, -0.05) is 72.3 Å². The predicted molar refractivity (Wildman–Crippen MR) is 125 cm³/mol. The van der Waals surface area contributed by atoms with Crippen molar-refractivity contribution in [3.63, 3.8) is 0 Å². The van der Waals surface area contributed by atoms with Gasteiger partial charge in [0.25, 0.3) is 11.8 Å². The van der Waals surface area contributed by atoms with Crippen LogP contribution in [0.2, 0.25) is 5.02 Å². The molecule has 32 heavy (non-hydrogen) atoms. The summed E-state index contributed by atoms with van der Waals surface area (Å²) in [6.07, 6.45) is 0.633. The molecule has 0 saturated heterocycles. The second-order valence-corrected chi connectivity index (χ2v) is 7.82. The molecule has 0 fully saturated rings. The molecule has 0 atom stereocenters. The molecule has 0 unspecified atom stereocenters. The van der Waals surface area contributed by atoms with Crippen LogP contribution in [-0.4, -0.2) is 18.4 Å². The van der Waals surface area contributed by atoms with Gasteiger partial charge in [-0.2, -0.15) is 5.26 Å². The molecular weight excluding hydrogens is 422 g/mol. The summed E-state index contributed by atoms with van der Waals surface area (Å²) in [5.41, 5.74) is 3.19. The standard InChI is InChI=1S/C26H20ClN3O2/c27-20-12-10-19(11-13-20)17-30-23-9-5-4-8-21(23)24(26(30)32)22(16-28)25(31)29-15-14-18-6-2-1-3-7-18/h1-13H,14-15,17H2,(H,29,31). The highest BCUT2D eigenvalue weighted by atomic mass is 35.5. The first-order chi connectivity index (χ1) is 15.6. The fourth-order valence-corrected chi connectivity index (χ4v) is 3.85. The zero-order chi connectivity index (χ0) is 22.5. The number of nitriles is 1. The zero-order valence-corrected chi connectivity index (χ0v) is 18.0. The molecule has 5 nitrogen and oxygen atoms in total. The quantitative estimate of drug-likeness (QED) is 0.451. The van der Waals surface area contributed by atoms with Crippen LogP contribution in [-0.2, 0) is 22.6 Å². The Bertz CT molecular complexity index is 1230. The normalized spacial score (nSPS) is 14.0. The zero-order valence-electron chi connectivity index (χ0n) is 17.2. The number of nitrogens with one attached hydrogen (secondary N) is 1. The van der Waals surface area contributed by atoms with E-state index in [-0.39, 0.29) is 17.1 Å². The van der Waals surface area contributed by atoms with Gasteiger partial charge in [-0.25, -0.2) is 0 Å². The van der Waals surface area contributed by atoms with Crippen LogP contribution in [0.5, 0.6) is 0 Å². The lowest BCUT2D eigenvalue weighted by molar-refractivity contribution is -0.117. The van der Waals surface area contributed by atoms with Crippen LogP contribution in [0.4, 0.5) is 5.69 Å². The van der Waals surface area contributed by atoms with E-state index >= 15 is 0 Å². The number of carbonyl (C=O) groups is 2. The summed E-state index contributed by atoms with van der Waals surface area (Å²) in [5, 5.41) is 13.2. The van der Waals surface area contributed by atoms with Gasteiger partial charge < -0.3 is 10.2 Å². The number of anilines is 1. The second-order valence-electron chi connectivity index (χ2n) is 7.39. The van der Waals surface area contributed by atoms with Crippen LogP contribution in [0.25, 0.3) is 5.57 Å². The van der Waals surface area contributed by atoms with Crippen molar-refractivity contribution in [3.05, 3.63) is 106 Å². The van der Waals surface area contributed by atoms with Gasteiger partial charge in [0, 0.05) is 17.1 Å². The van der Waals surface area contributed by atoms with E-state index in [2.05, 4.69) is 5.32 Å². The first kappa shape index (κ1) is 21.4. The molecule has 0 aromatic heterocycles. The number of carbonyl (C=O) groups excluding carboxylic acids is 2. The number of benzene rings is 3. The summed E-state index contributed by atoms with van der Waals surface area (Å²) in [7, 11) is 0. The molecule has 1 aliphatic rings. The van der Waals surface area contributed by atoms with Gasteiger partial charge >= 0.3 is 0 Å². The minimum absolute atomic E-state index is 0.134. The van der Waals surface area contributed by atoms with Crippen molar-refractivity contribution in [2.45, 2.75) is 13.0 Å². The Hall–Kier alpha value is -3.88. The first-order valence-electron chi connectivity index (χ1n) is 10.2. The summed E-state index contributed by atoms with van der Waals surface area (Å²) < 4.78 is 0. The minimum Gasteiger partial charge on any atom is -0.351 e. The number of halogens is 1. The maximum absolute atomic E-state index is 13.3. The Balaban J connectivity index is 1.60. The number of hydrogen-bond acceptors (Lipinski definition) is 3. The lowest BCUT2D eigenvalue weighted by Crippen LogP contribution is -2.30. The number of amides is 2. The minimum atomic E-state index is -0.546. The van der Waals surface area contributed by atoms with Crippen molar-refractivity contribution in [3.8, 4) is 6.07 Å². The van der Waals surface area contributed by atoms with Crippen LogP contribution < -0.4 is 10.2 Å². The highest BCUT2D eigenvalue weighted by Gasteiger charge is 2.36. The summed E-state index contributed by atoms with van der Waals surface area (Å²) in [5.74, 6) is -0.911. The SMILES string of the molecule is N#CC(C(=O)NCCc1ccccc1)=C1C(=O)N(Cc2ccc(Cl)cc2)c2ccccc21. The monoisotopic (exact) mass is 441 g/mol. The highest BCUT2D eigenvalue weighted by Crippen LogP contribution is 2.39. The Morgan fingerprint density at radius 1 is 0.938 bits per heavy atom. The third-order valence-corrected chi connectivity index (χ3v) is 5.56. The van der Waals surface area contributed by atoms with E-state index in [1.807, 2.05) is 60.7 Å². The fourth-order valence-electron chi connectivity index (χ4n) is 3.72. The molecule has 0 saturated carbocycles. The van der Waals surface area contributed by atoms with Crippen LogP contribution >= 0.6 is 11.6 Å². The summed E-state index contributed by atoms with van der Waals surface area (Å²) >= 11 is 5.97. The van der Waals surface area contributed by atoms with Gasteiger partial charge in [-0.05, 0) is 35.7 Å². The summed E-state index contributed by atoms with van der Waals surface area (Å²) in [6.45, 7) is 0.677. The molecule has 6 heteroatoms. The second kappa shape index (κ2) is 9.51. The Morgan fingerprint density at radius 2 is 1.62 bits per heavy atom. The fraction of sp³-hybridized carbons (Fsp3) is 0.115. The molecule has 3 aromatic carbocycles. The third kappa shape index (κ3) is 4.41. The number of fused-ring (bicyclic) bond motifs is 1. The number of nitrogens with zero attached hydrogens (tertiary/aromatic N) is 2. The molecule has 0 radical (unpaired) electrons. The molecule has 1 N–H and O–H groups in total. The van der Waals surface area contributed by atoms with E-state index in [0.717, 1.165) is 11.1 Å². The van der Waals surface area contributed by atoms with E-state index in [0.29, 0.717) is 35.8 Å². The lowest BCUT2D eigenvalue weighted by Gasteiger charge is -2.17. The van der Waals surface area contributed by atoms with Gasteiger partial charge in [-0.3, -0.25) is 9.59 Å².